The number of nitrogens with zero attached hydrogens (tertiary/aromatic N) is 2. The molecule has 0 aromatic carbocycles. The van der Waals surface area contributed by atoms with Crippen LogP contribution in [0.5, 0.6) is 0 Å². The molecule has 0 aromatic rings. The zero-order valence-electron chi connectivity index (χ0n) is 12.4. The molecule has 0 saturated carbocycles. The zero-order chi connectivity index (χ0) is 13.8. The normalized spacial score (nSPS) is 26.6. The summed E-state index contributed by atoms with van der Waals surface area (Å²) in [6.45, 7) is 13.1. The van der Waals surface area contributed by atoms with Crippen molar-refractivity contribution >= 4 is 0 Å². The number of ether oxygens (including phenoxy) is 1. The van der Waals surface area contributed by atoms with Crippen molar-refractivity contribution in [1.82, 2.24) is 10.2 Å². The van der Waals surface area contributed by atoms with Gasteiger partial charge in [0.1, 0.15) is 5.54 Å². The number of morpholine rings is 1. The van der Waals surface area contributed by atoms with Gasteiger partial charge in [0, 0.05) is 24.7 Å². The third-order valence-electron chi connectivity index (χ3n) is 3.54. The molecule has 0 aromatic heterocycles. The molecule has 0 radical (unpaired) electrons. The van der Waals surface area contributed by atoms with Crippen LogP contribution in [0.15, 0.2) is 0 Å². The van der Waals surface area contributed by atoms with E-state index in [9.17, 15) is 5.26 Å². The minimum atomic E-state index is -0.453. The first-order valence-corrected chi connectivity index (χ1v) is 6.90. The van der Waals surface area contributed by atoms with Gasteiger partial charge in [0.15, 0.2) is 0 Å². The summed E-state index contributed by atoms with van der Waals surface area (Å²) in [7, 11) is 0. The molecule has 0 bridgehead atoms. The van der Waals surface area contributed by atoms with Gasteiger partial charge in [0.05, 0.1) is 19.3 Å². The lowest BCUT2D eigenvalue weighted by Gasteiger charge is -2.40. The highest BCUT2D eigenvalue weighted by Crippen LogP contribution is 2.20. The molecule has 4 heteroatoms. The summed E-state index contributed by atoms with van der Waals surface area (Å²) in [5.74, 6) is 0. The van der Waals surface area contributed by atoms with E-state index in [1.807, 2.05) is 6.92 Å². The first kappa shape index (κ1) is 15.4. The zero-order valence-corrected chi connectivity index (χ0v) is 12.4. The lowest BCUT2D eigenvalue weighted by Crippen LogP contribution is -2.54. The van der Waals surface area contributed by atoms with E-state index in [-0.39, 0.29) is 0 Å². The Hall–Kier alpha value is -0.630. The van der Waals surface area contributed by atoms with Crippen LogP contribution in [0, 0.1) is 11.3 Å². The smallest absolute Gasteiger partial charge is 0.105 e. The van der Waals surface area contributed by atoms with Crippen LogP contribution in [0.2, 0.25) is 0 Å². The molecule has 3 unspecified atom stereocenters. The van der Waals surface area contributed by atoms with Gasteiger partial charge in [-0.2, -0.15) is 5.26 Å². The van der Waals surface area contributed by atoms with E-state index in [1.54, 1.807) is 0 Å². The van der Waals surface area contributed by atoms with Gasteiger partial charge in [0.25, 0.3) is 0 Å². The average Bonchev–Trinajstić information content (AvgIpc) is 2.28. The summed E-state index contributed by atoms with van der Waals surface area (Å²) in [4.78, 5) is 2.45. The summed E-state index contributed by atoms with van der Waals surface area (Å²) >= 11 is 0. The van der Waals surface area contributed by atoms with Gasteiger partial charge in [-0.1, -0.05) is 0 Å². The van der Waals surface area contributed by atoms with Crippen molar-refractivity contribution in [2.24, 2.45) is 0 Å². The number of hydrogen-bond donors (Lipinski definition) is 1. The molecule has 1 heterocycles. The van der Waals surface area contributed by atoms with E-state index in [0.29, 0.717) is 18.1 Å². The Kier molecular flexibility index (Phi) is 5.58. The van der Waals surface area contributed by atoms with Gasteiger partial charge in [0.2, 0.25) is 0 Å². The molecule has 104 valence electrons. The third kappa shape index (κ3) is 4.24. The Labute approximate surface area is 111 Å². The maximum Gasteiger partial charge on any atom is 0.105 e. The van der Waals surface area contributed by atoms with Crippen molar-refractivity contribution in [3.8, 4) is 6.07 Å². The number of nitrogens with one attached hydrogen (secondary N) is 1. The predicted molar refractivity (Wildman–Crippen MR) is 73.4 cm³/mol. The molecule has 1 fully saturated rings. The minimum Gasteiger partial charge on any atom is -0.379 e. The van der Waals surface area contributed by atoms with E-state index in [2.05, 4.69) is 44.0 Å². The molecule has 0 amide bonds. The first-order valence-electron chi connectivity index (χ1n) is 6.90. The fourth-order valence-corrected chi connectivity index (χ4v) is 2.88. The largest absolute Gasteiger partial charge is 0.379 e. The Morgan fingerprint density at radius 3 is 2.67 bits per heavy atom. The lowest BCUT2D eigenvalue weighted by atomic mass is 9.93. The Balaban J connectivity index is 2.61. The van der Waals surface area contributed by atoms with E-state index < -0.39 is 5.54 Å². The van der Waals surface area contributed by atoms with Crippen LogP contribution in [0.1, 0.15) is 41.0 Å². The van der Waals surface area contributed by atoms with Crippen LogP contribution in [0.25, 0.3) is 0 Å². The highest BCUT2D eigenvalue weighted by atomic mass is 16.5. The fourth-order valence-electron chi connectivity index (χ4n) is 2.88. The molecule has 18 heavy (non-hydrogen) atoms. The number of nitriles is 1. The van der Waals surface area contributed by atoms with Crippen LogP contribution < -0.4 is 5.32 Å². The van der Waals surface area contributed by atoms with Crippen molar-refractivity contribution in [1.29, 1.82) is 5.26 Å². The summed E-state index contributed by atoms with van der Waals surface area (Å²) in [5.41, 5.74) is -0.453. The molecule has 0 spiro atoms. The van der Waals surface area contributed by atoms with E-state index >= 15 is 0 Å². The highest BCUT2D eigenvalue weighted by molar-refractivity contribution is 5.06. The van der Waals surface area contributed by atoms with Gasteiger partial charge in [-0.15, -0.1) is 0 Å². The second kappa shape index (κ2) is 6.51. The second-order valence-electron chi connectivity index (χ2n) is 5.96. The number of rotatable bonds is 5. The molecule has 4 nitrogen and oxygen atoms in total. The molecule has 1 aliphatic heterocycles. The fraction of sp³-hybridized carbons (Fsp3) is 0.929. The van der Waals surface area contributed by atoms with Crippen LogP contribution in [-0.2, 0) is 4.74 Å². The molecule has 1 aliphatic rings. The molecule has 0 aliphatic carbocycles. The minimum absolute atomic E-state index is 0.323. The Morgan fingerprint density at radius 2 is 2.17 bits per heavy atom. The lowest BCUT2D eigenvalue weighted by molar-refractivity contribution is -0.0231. The maximum absolute atomic E-state index is 9.39. The molecular formula is C14H27N3O. The summed E-state index contributed by atoms with van der Waals surface area (Å²) in [6.07, 6.45) is 0.839. The van der Waals surface area contributed by atoms with Crippen LogP contribution in [0.4, 0.5) is 0 Å². The van der Waals surface area contributed by atoms with Crippen LogP contribution in [0.3, 0.4) is 0 Å². The number of hydrogen-bond acceptors (Lipinski definition) is 4. The van der Waals surface area contributed by atoms with Gasteiger partial charge in [-0.3, -0.25) is 10.2 Å². The maximum atomic E-state index is 9.39. The van der Waals surface area contributed by atoms with Crippen molar-refractivity contribution in [2.45, 2.75) is 64.7 Å². The highest BCUT2D eigenvalue weighted by Gasteiger charge is 2.31. The standard InChI is InChI=1S/C14H27N3O/c1-11(2)16-14(5,10-15)8-12(3)17-6-7-18-9-13(17)4/h11-13,16H,6-9H2,1-5H3. The monoisotopic (exact) mass is 253 g/mol. The van der Waals surface area contributed by atoms with Gasteiger partial charge < -0.3 is 4.74 Å². The molecular weight excluding hydrogens is 226 g/mol. The Bertz CT molecular complexity index is 300. The summed E-state index contributed by atoms with van der Waals surface area (Å²) in [6, 6.07) is 3.58. The van der Waals surface area contributed by atoms with Crippen molar-refractivity contribution in [3.05, 3.63) is 0 Å². The van der Waals surface area contributed by atoms with Gasteiger partial charge in [-0.25, -0.2) is 0 Å². The van der Waals surface area contributed by atoms with E-state index in [1.165, 1.54) is 0 Å². The molecule has 1 rings (SSSR count). The van der Waals surface area contributed by atoms with Crippen LogP contribution >= 0.6 is 0 Å². The third-order valence-corrected chi connectivity index (χ3v) is 3.54. The molecule has 1 N–H and O–H groups in total. The predicted octanol–water partition coefficient (Wildman–Crippen LogP) is 1.77. The van der Waals surface area contributed by atoms with Crippen molar-refractivity contribution in [3.63, 3.8) is 0 Å². The average molecular weight is 253 g/mol. The molecule has 3 atom stereocenters. The van der Waals surface area contributed by atoms with Gasteiger partial charge in [-0.05, 0) is 41.0 Å². The van der Waals surface area contributed by atoms with E-state index in [0.717, 1.165) is 26.2 Å². The first-order chi connectivity index (χ1) is 8.38. The SMILES string of the molecule is CC(C)NC(C)(C#N)CC(C)N1CCOCC1C. The van der Waals surface area contributed by atoms with Gasteiger partial charge >= 0.3 is 0 Å². The van der Waals surface area contributed by atoms with Crippen LogP contribution in [-0.4, -0.2) is 48.3 Å². The quantitative estimate of drug-likeness (QED) is 0.811. The summed E-state index contributed by atoms with van der Waals surface area (Å²) < 4.78 is 5.46. The summed E-state index contributed by atoms with van der Waals surface area (Å²) in [5, 5.41) is 12.8. The second-order valence-corrected chi connectivity index (χ2v) is 5.96. The Morgan fingerprint density at radius 1 is 1.50 bits per heavy atom. The van der Waals surface area contributed by atoms with Crippen molar-refractivity contribution in [2.75, 3.05) is 19.8 Å². The van der Waals surface area contributed by atoms with E-state index in [4.69, 9.17) is 4.74 Å². The molecule has 1 saturated heterocycles. The van der Waals surface area contributed by atoms with Crippen molar-refractivity contribution < 1.29 is 4.74 Å². The topological polar surface area (TPSA) is 48.3 Å².